The van der Waals surface area contributed by atoms with Crippen molar-refractivity contribution in [3.05, 3.63) is 142 Å². The van der Waals surface area contributed by atoms with E-state index < -0.39 is 0 Å². The van der Waals surface area contributed by atoms with Crippen LogP contribution in [-0.4, -0.2) is 5.78 Å². The van der Waals surface area contributed by atoms with Crippen molar-refractivity contribution in [2.24, 2.45) is 0 Å². The zero-order valence-corrected chi connectivity index (χ0v) is 29.0. The Bertz CT molecular complexity index is 2950. The average molecular weight is 647 g/mol. The van der Waals surface area contributed by atoms with E-state index in [2.05, 4.69) is 120 Å². The molecule has 3 heteroatoms. The summed E-state index contributed by atoms with van der Waals surface area (Å²) in [5, 5.41) is 13.0. The van der Waals surface area contributed by atoms with Gasteiger partial charge in [-0.1, -0.05) is 77.9 Å². The van der Waals surface area contributed by atoms with Crippen LogP contribution in [0, 0.1) is 41.5 Å². The Morgan fingerprint density at radius 3 is 1.68 bits per heavy atom. The molecule has 9 aromatic carbocycles. The molecule has 9 aromatic rings. The zero-order valence-electron chi connectivity index (χ0n) is 29.0. The molecule has 0 unspecified atom stereocenters. The van der Waals surface area contributed by atoms with Gasteiger partial charge < -0.3 is 9.47 Å². The van der Waals surface area contributed by atoms with E-state index >= 15 is 0 Å². The van der Waals surface area contributed by atoms with Crippen LogP contribution in [0.3, 0.4) is 0 Å². The van der Waals surface area contributed by atoms with E-state index in [-0.39, 0.29) is 5.78 Å². The molecule has 0 aromatic heterocycles. The van der Waals surface area contributed by atoms with E-state index in [0.717, 1.165) is 88.0 Å². The van der Waals surface area contributed by atoms with Gasteiger partial charge in [-0.3, -0.25) is 4.79 Å². The zero-order chi connectivity index (χ0) is 34.2. The largest absolute Gasteiger partial charge is 0.456 e. The summed E-state index contributed by atoms with van der Waals surface area (Å²) in [6.45, 7) is 12.6. The summed E-state index contributed by atoms with van der Waals surface area (Å²) >= 11 is 0. The monoisotopic (exact) mass is 646 g/mol. The summed E-state index contributed by atoms with van der Waals surface area (Å²) in [5.41, 5.74) is 8.10. The summed E-state index contributed by atoms with van der Waals surface area (Å²) in [7, 11) is 0. The molecule has 1 aliphatic rings. The number of benzene rings is 9. The molecule has 0 fully saturated rings. The maximum Gasteiger partial charge on any atom is 0.194 e. The van der Waals surface area contributed by atoms with E-state index in [1.54, 1.807) is 0 Å². The number of ether oxygens (including phenoxy) is 2. The van der Waals surface area contributed by atoms with Gasteiger partial charge in [-0.15, -0.1) is 0 Å². The number of rotatable bonds is 4. The first kappa shape index (κ1) is 29.0. The number of carbonyl (C=O) groups is 1. The molecule has 0 atom stereocenters. The second-order valence-electron chi connectivity index (χ2n) is 14.4. The van der Waals surface area contributed by atoms with Crippen LogP contribution in [0.2, 0.25) is 0 Å². The van der Waals surface area contributed by atoms with Crippen molar-refractivity contribution < 1.29 is 14.3 Å². The fraction of sp³-hybridized carbons (Fsp3) is 0.128. The lowest BCUT2D eigenvalue weighted by atomic mass is 9.78. The van der Waals surface area contributed by atoms with Gasteiger partial charge in [0.1, 0.15) is 23.0 Å². The number of ketones is 1. The highest BCUT2D eigenvalue weighted by atomic mass is 16.5. The highest BCUT2D eigenvalue weighted by Gasteiger charge is 2.31. The maximum absolute atomic E-state index is 14.9. The minimum Gasteiger partial charge on any atom is -0.456 e. The predicted molar refractivity (Wildman–Crippen MR) is 208 cm³/mol. The van der Waals surface area contributed by atoms with Crippen LogP contribution in [0.4, 0.5) is 0 Å². The quantitative estimate of drug-likeness (QED) is 0.141. The van der Waals surface area contributed by atoms with Crippen molar-refractivity contribution in [3.8, 4) is 23.0 Å². The number of hydrogen-bond acceptors (Lipinski definition) is 3. The van der Waals surface area contributed by atoms with Crippen molar-refractivity contribution in [2.45, 2.75) is 41.5 Å². The molecule has 0 bridgehead atoms. The minimum absolute atomic E-state index is 0.00804. The van der Waals surface area contributed by atoms with Gasteiger partial charge in [0.25, 0.3) is 0 Å². The lowest BCUT2D eigenvalue weighted by Gasteiger charge is -2.26. The molecule has 0 N–H and O–H groups in total. The Kier molecular flexibility index (Phi) is 5.84. The number of aryl methyl sites for hydroxylation is 6. The third-order valence-electron chi connectivity index (χ3n) is 10.9. The Labute approximate surface area is 290 Å². The maximum atomic E-state index is 14.9. The Morgan fingerprint density at radius 2 is 0.980 bits per heavy atom. The molecule has 240 valence electrons. The molecule has 0 radical (unpaired) electrons. The molecular weight excluding hydrogens is 613 g/mol. The fourth-order valence-electron chi connectivity index (χ4n) is 9.04. The van der Waals surface area contributed by atoms with Crippen molar-refractivity contribution >= 4 is 70.4 Å². The molecular formula is C47H34O3. The number of fused-ring (bicyclic) bond motifs is 3. The number of carbonyl (C=O) groups excluding carboxylic acids is 1. The SMILES string of the molecule is Cc1cc(C)c(Oc2ccc3c4c2cc2cccc5c2c4c2c(cc(Oc4c(C)cc(C)cc4C)c4cc6ccccc6c5c42)C3=O)c(C)c1. The number of hydrogen-bond donors (Lipinski definition) is 0. The lowest BCUT2D eigenvalue weighted by molar-refractivity contribution is 0.104. The third kappa shape index (κ3) is 3.83. The van der Waals surface area contributed by atoms with Crippen LogP contribution in [0.5, 0.6) is 23.0 Å². The fourth-order valence-corrected chi connectivity index (χ4v) is 9.04. The van der Waals surface area contributed by atoms with Crippen LogP contribution in [0.15, 0.2) is 97.1 Å². The summed E-state index contributed by atoms with van der Waals surface area (Å²) < 4.78 is 13.7. The van der Waals surface area contributed by atoms with Gasteiger partial charge in [0.15, 0.2) is 5.78 Å². The first-order valence-corrected chi connectivity index (χ1v) is 17.3. The van der Waals surface area contributed by atoms with Crippen molar-refractivity contribution in [1.82, 2.24) is 0 Å². The topological polar surface area (TPSA) is 35.5 Å². The van der Waals surface area contributed by atoms with E-state index in [9.17, 15) is 4.79 Å². The first-order valence-electron chi connectivity index (χ1n) is 17.3. The summed E-state index contributed by atoms with van der Waals surface area (Å²) in [5.74, 6) is 3.16. The normalized spacial score (nSPS) is 12.6. The predicted octanol–water partition coefficient (Wildman–Crippen LogP) is 13.0. The van der Waals surface area contributed by atoms with Gasteiger partial charge in [0.05, 0.1) is 0 Å². The third-order valence-corrected chi connectivity index (χ3v) is 10.9. The Hall–Kier alpha value is -5.93. The van der Waals surface area contributed by atoms with Crippen molar-refractivity contribution in [2.75, 3.05) is 0 Å². The van der Waals surface area contributed by atoms with Crippen LogP contribution in [0.25, 0.3) is 64.6 Å². The second-order valence-corrected chi connectivity index (χ2v) is 14.4. The van der Waals surface area contributed by atoms with Gasteiger partial charge in [0, 0.05) is 43.4 Å². The van der Waals surface area contributed by atoms with Crippen LogP contribution in [0.1, 0.15) is 49.3 Å². The smallest absolute Gasteiger partial charge is 0.194 e. The van der Waals surface area contributed by atoms with E-state index in [4.69, 9.17) is 9.47 Å². The molecule has 0 amide bonds. The minimum atomic E-state index is 0.00804. The summed E-state index contributed by atoms with van der Waals surface area (Å²) in [6, 6.07) is 34.2. The second kappa shape index (κ2) is 10.1. The van der Waals surface area contributed by atoms with Crippen LogP contribution in [-0.2, 0) is 0 Å². The van der Waals surface area contributed by atoms with Crippen LogP contribution >= 0.6 is 0 Å². The van der Waals surface area contributed by atoms with Gasteiger partial charge in [-0.2, -0.15) is 0 Å². The van der Waals surface area contributed by atoms with Crippen LogP contribution < -0.4 is 9.47 Å². The van der Waals surface area contributed by atoms with Crippen molar-refractivity contribution in [1.29, 1.82) is 0 Å². The first-order chi connectivity index (χ1) is 24.2. The van der Waals surface area contributed by atoms with E-state index in [1.165, 1.54) is 27.3 Å². The molecule has 0 heterocycles. The Morgan fingerprint density at radius 1 is 0.400 bits per heavy atom. The molecule has 0 saturated carbocycles. The summed E-state index contributed by atoms with van der Waals surface area (Å²) in [4.78, 5) is 14.9. The van der Waals surface area contributed by atoms with Gasteiger partial charge >= 0.3 is 0 Å². The average Bonchev–Trinajstić information content (AvgIpc) is 3.08. The molecule has 10 rings (SSSR count). The van der Waals surface area contributed by atoms with Crippen molar-refractivity contribution in [3.63, 3.8) is 0 Å². The molecule has 0 saturated heterocycles. The highest BCUT2D eigenvalue weighted by molar-refractivity contribution is 6.48. The highest BCUT2D eigenvalue weighted by Crippen LogP contribution is 2.53. The lowest BCUT2D eigenvalue weighted by Crippen LogP contribution is -2.10. The van der Waals surface area contributed by atoms with E-state index in [0.29, 0.717) is 16.9 Å². The summed E-state index contributed by atoms with van der Waals surface area (Å²) in [6.07, 6.45) is 0. The molecule has 1 aliphatic carbocycles. The van der Waals surface area contributed by atoms with Gasteiger partial charge in [0.2, 0.25) is 0 Å². The van der Waals surface area contributed by atoms with Gasteiger partial charge in [-0.25, -0.2) is 0 Å². The van der Waals surface area contributed by atoms with E-state index in [1.807, 2.05) is 18.2 Å². The standard InChI is InChI=1S/C47H34O3/c1-23-16-25(3)46(26(4)17-23)49-37-15-14-33-41-34(37)21-30-11-9-13-32-39(30)44(41)43-36(45(33)48)22-38(50-47-27(5)18-24(2)19-28(47)6)35-20-29-10-7-8-12-31(29)40(32)42(35)43/h7-22H,1-6H3. The molecule has 0 aliphatic heterocycles. The molecule has 0 spiro atoms. The molecule has 3 nitrogen and oxygen atoms in total. The Balaban J connectivity index is 1.39. The van der Waals surface area contributed by atoms with Gasteiger partial charge in [-0.05, 0) is 126 Å². The molecule has 50 heavy (non-hydrogen) atoms.